The molecule has 0 aliphatic carbocycles. The van der Waals surface area contributed by atoms with Crippen molar-refractivity contribution in [1.29, 1.82) is 0 Å². The maximum absolute atomic E-state index is 11.5. The standard InChI is InChI=1S/C19H29BN2O3.C8H9BO2.C2H5NO.C2H6.CH3NO.CH2O/c1-21-9-2-3-17(19(8-12-23)6-10-22-11-7-19)15-4-5-16-14-25-20(24)18(16)13-15;1-6-2-3-7-5-11-9(10)8(7)4-6;1-3-2-4;1-2;2-1-3;1-2/h4-5,12-13,17,21-22,24H,2-3,6-11,14H2,1H3;2-4,10H,5H2,1H3;2H,1H3,(H,3,4);1-2H3;1H,(H2,2,3);1H2. The molecule has 3 heterocycles. The van der Waals surface area contributed by atoms with Gasteiger partial charge in [0.15, 0.2) is 0 Å². The summed E-state index contributed by atoms with van der Waals surface area (Å²) in [5.74, 6) is 0.325. The summed E-state index contributed by atoms with van der Waals surface area (Å²) in [6.45, 7) is 11.9. The molecular formula is C33H54B2N4O8. The molecule has 0 aromatic heterocycles. The number of carbonyl (C=O) groups excluding carboxylic acids is 4. The Kier molecular flexibility index (Phi) is 23.8. The molecule has 47 heavy (non-hydrogen) atoms. The van der Waals surface area contributed by atoms with Crippen molar-refractivity contribution in [2.45, 2.75) is 72.0 Å². The van der Waals surface area contributed by atoms with Gasteiger partial charge in [0.1, 0.15) is 13.1 Å². The molecule has 0 spiro atoms. The SMILES string of the molecule is C=O.CC.CNC=O.CNCCCC(c1ccc2c(c1)B(O)OC2)C1(CC=O)CCNCC1.Cc1ccc2c(c1)B(O)OC2.NC=O. The second-order valence-electron chi connectivity index (χ2n) is 10.8. The summed E-state index contributed by atoms with van der Waals surface area (Å²) in [4.78, 5) is 37.1. The quantitative estimate of drug-likeness (QED) is 0.126. The molecule has 3 aliphatic rings. The van der Waals surface area contributed by atoms with E-state index in [1.165, 1.54) is 5.56 Å². The molecule has 1 atom stereocenters. The molecule has 0 radical (unpaired) electrons. The maximum atomic E-state index is 11.5. The predicted octanol–water partition coefficient (Wildman–Crippen LogP) is 0.464. The molecule has 7 N–H and O–H groups in total. The van der Waals surface area contributed by atoms with E-state index in [9.17, 15) is 14.8 Å². The molecule has 2 aromatic carbocycles. The van der Waals surface area contributed by atoms with Crippen LogP contribution in [-0.4, -0.2) is 83.9 Å². The highest BCUT2D eigenvalue weighted by molar-refractivity contribution is 6.62. The van der Waals surface area contributed by atoms with Gasteiger partial charge in [0.25, 0.3) is 0 Å². The van der Waals surface area contributed by atoms with Crippen LogP contribution in [0.1, 0.15) is 74.1 Å². The predicted molar refractivity (Wildman–Crippen MR) is 187 cm³/mol. The molecule has 5 rings (SSSR count). The summed E-state index contributed by atoms with van der Waals surface area (Å²) in [5.41, 5.74) is 10.6. The van der Waals surface area contributed by atoms with Crippen molar-refractivity contribution in [3.05, 3.63) is 58.7 Å². The minimum atomic E-state index is -0.817. The third kappa shape index (κ3) is 14.1. The van der Waals surface area contributed by atoms with E-state index in [1.54, 1.807) is 7.05 Å². The summed E-state index contributed by atoms with van der Waals surface area (Å²) >= 11 is 0. The van der Waals surface area contributed by atoms with Gasteiger partial charge in [0, 0.05) is 13.5 Å². The Morgan fingerprint density at radius 3 is 1.98 bits per heavy atom. The van der Waals surface area contributed by atoms with E-state index in [-0.39, 0.29) is 11.8 Å². The molecule has 1 fully saturated rings. The number of fused-ring (bicyclic) bond motifs is 2. The lowest BCUT2D eigenvalue weighted by molar-refractivity contribution is -0.111. The van der Waals surface area contributed by atoms with Crippen LogP contribution in [0.4, 0.5) is 0 Å². The summed E-state index contributed by atoms with van der Waals surface area (Å²) < 4.78 is 10.4. The fourth-order valence-corrected chi connectivity index (χ4v) is 5.88. The molecule has 2 aromatic rings. The van der Waals surface area contributed by atoms with E-state index in [0.29, 0.717) is 32.0 Å². The number of aryl methyl sites for hydroxylation is 1. The number of carbonyl (C=O) groups is 4. The number of primary amides is 1. The Bertz CT molecular complexity index is 1170. The number of amides is 2. The monoisotopic (exact) mass is 656 g/mol. The van der Waals surface area contributed by atoms with Gasteiger partial charge in [0.05, 0.1) is 13.2 Å². The molecule has 14 heteroatoms. The molecule has 2 amide bonds. The number of hydrogen-bond acceptors (Lipinski definition) is 10. The first-order valence-corrected chi connectivity index (χ1v) is 16.0. The van der Waals surface area contributed by atoms with Crippen LogP contribution >= 0.6 is 0 Å². The lowest BCUT2D eigenvalue weighted by Crippen LogP contribution is -2.41. The van der Waals surface area contributed by atoms with Crippen LogP contribution in [0.25, 0.3) is 0 Å². The first-order chi connectivity index (χ1) is 22.8. The number of benzene rings is 2. The largest absolute Gasteiger partial charge is 0.491 e. The smallest absolute Gasteiger partial charge is 0.423 e. The molecule has 0 saturated carbocycles. The Morgan fingerprint density at radius 2 is 1.49 bits per heavy atom. The topological polar surface area (TPSA) is 189 Å². The van der Waals surface area contributed by atoms with Gasteiger partial charge in [-0.3, -0.25) is 9.59 Å². The molecule has 260 valence electrons. The average molecular weight is 656 g/mol. The third-order valence-corrected chi connectivity index (χ3v) is 8.07. The minimum absolute atomic E-state index is 0.0133. The Hall–Kier alpha value is -3.39. The fraction of sp³-hybridized carbons (Fsp3) is 0.515. The molecule has 12 nitrogen and oxygen atoms in total. The van der Waals surface area contributed by atoms with Crippen LogP contribution in [0.2, 0.25) is 0 Å². The zero-order valence-corrected chi connectivity index (χ0v) is 28.6. The van der Waals surface area contributed by atoms with Crippen LogP contribution in [0.5, 0.6) is 0 Å². The minimum Gasteiger partial charge on any atom is -0.423 e. The third-order valence-electron chi connectivity index (χ3n) is 8.07. The summed E-state index contributed by atoms with van der Waals surface area (Å²) in [5, 5.41) is 28.3. The van der Waals surface area contributed by atoms with Crippen molar-refractivity contribution in [3.63, 3.8) is 0 Å². The Morgan fingerprint density at radius 1 is 0.979 bits per heavy atom. The van der Waals surface area contributed by atoms with Gasteiger partial charge in [-0.15, -0.1) is 0 Å². The van der Waals surface area contributed by atoms with E-state index in [1.807, 2.05) is 52.8 Å². The van der Waals surface area contributed by atoms with Crippen molar-refractivity contribution < 1.29 is 38.5 Å². The second kappa shape index (κ2) is 25.7. The van der Waals surface area contributed by atoms with E-state index in [2.05, 4.69) is 39.9 Å². The normalized spacial score (nSPS) is 15.3. The Balaban J connectivity index is 0.000000791. The first kappa shape index (κ1) is 43.6. The van der Waals surface area contributed by atoms with Gasteiger partial charge in [-0.05, 0) is 98.2 Å². The maximum Gasteiger partial charge on any atom is 0.491 e. The number of piperidine rings is 1. The molecule has 0 bridgehead atoms. The highest BCUT2D eigenvalue weighted by atomic mass is 16.5. The van der Waals surface area contributed by atoms with Gasteiger partial charge in [-0.2, -0.15) is 0 Å². The van der Waals surface area contributed by atoms with Gasteiger partial charge in [-0.25, -0.2) is 0 Å². The van der Waals surface area contributed by atoms with Crippen LogP contribution in [0, 0.1) is 12.3 Å². The zero-order chi connectivity index (χ0) is 35.7. The lowest BCUT2D eigenvalue weighted by atomic mass is 9.62. The van der Waals surface area contributed by atoms with Crippen molar-refractivity contribution in [1.82, 2.24) is 16.0 Å². The number of nitrogens with two attached hydrogens (primary N) is 1. The second-order valence-corrected chi connectivity index (χ2v) is 10.8. The summed E-state index contributed by atoms with van der Waals surface area (Å²) in [7, 11) is 2.02. The molecule has 1 saturated heterocycles. The van der Waals surface area contributed by atoms with E-state index in [4.69, 9.17) is 23.7 Å². The fourth-order valence-electron chi connectivity index (χ4n) is 5.88. The number of nitrogens with one attached hydrogen (secondary N) is 3. The van der Waals surface area contributed by atoms with Crippen LogP contribution in [-0.2, 0) is 41.7 Å². The zero-order valence-electron chi connectivity index (χ0n) is 28.6. The van der Waals surface area contributed by atoms with Crippen molar-refractivity contribution in [2.75, 3.05) is 33.7 Å². The lowest BCUT2D eigenvalue weighted by Gasteiger charge is -2.43. The van der Waals surface area contributed by atoms with Gasteiger partial charge in [0.2, 0.25) is 12.8 Å². The summed E-state index contributed by atoms with van der Waals surface area (Å²) in [6.07, 6.45) is 6.74. The van der Waals surface area contributed by atoms with Crippen LogP contribution in [0.15, 0.2) is 36.4 Å². The molecule has 1 unspecified atom stereocenters. The van der Waals surface area contributed by atoms with E-state index >= 15 is 0 Å². The number of rotatable bonds is 9. The summed E-state index contributed by atoms with van der Waals surface area (Å²) in [6, 6.07) is 12.4. The van der Waals surface area contributed by atoms with Gasteiger partial charge >= 0.3 is 14.2 Å². The van der Waals surface area contributed by atoms with Crippen molar-refractivity contribution in [2.24, 2.45) is 11.1 Å². The van der Waals surface area contributed by atoms with Gasteiger partial charge in [-0.1, -0.05) is 55.8 Å². The van der Waals surface area contributed by atoms with Crippen LogP contribution < -0.4 is 32.6 Å². The van der Waals surface area contributed by atoms with Crippen molar-refractivity contribution in [3.8, 4) is 0 Å². The number of aldehydes is 1. The van der Waals surface area contributed by atoms with E-state index in [0.717, 1.165) is 79.2 Å². The molecule has 3 aliphatic heterocycles. The highest BCUT2D eigenvalue weighted by Crippen LogP contribution is 2.48. The van der Waals surface area contributed by atoms with Crippen molar-refractivity contribution >= 4 is 51.1 Å². The van der Waals surface area contributed by atoms with E-state index < -0.39 is 14.2 Å². The average Bonchev–Trinajstić information content (AvgIpc) is 3.67. The Labute approximate surface area is 280 Å². The molecular weight excluding hydrogens is 602 g/mol. The number of hydrogen-bond donors (Lipinski definition) is 6. The van der Waals surface area contributed by atoms with Crippen LogP contribution in [0.3, 0.4) is 0 Å². The highest BCUT2D eigenvalue weighted by Gasteiger charge is 2.40. The van der Waals surface area contributed by atoms with Gasteiger partial charge < -0.3 is 50.6 Å². The first-order valence-electron chi connectivity index (χ1n) is 16.0.